The highest BCUT2D eigenvalue weighted by molar-refractivity contribution is 5.87. The van der Waals surface area contributed by atoms with Gasteiger partial charge in [0.25, 0.3) is 0 Å². The lowest BCUT2D eigenvalue weighted by Crippen LogP contribution is -2.28. The fourth-order valence-corrected chi connectivity index (χ4v) is 1.35. The lowest BCUT2D eigenvalue weighted by Gasteiger charge is -2.21. The van der Waals surface area contributed by atoms with Crippen molar-refractivity contribution in [3.05, 3.63) is 42.5 Å². The highest BCUT2D eigenvalue weighted by atomic mass is 16.3. The van der Waals surface area contributed by atoms with Gasteiger partial charge in [-0.25, -0.2) is 0 Å². The lowest BCUT2D eigenvalue weighted by molar-refractivity contribution is -0.125. The fourth-order valence-electron chi connectivity index (χ4n) is 1.35. The molecule has 1 unspecified atom stereocenters. The standard InChI is InChI=1S/C12H12N2O2/c1-3-12(16)14(2)11(8-13)9-5-4-6-10(15)7-9/h3-7,11,15H,1H2,2H3. The second-order valence-corrected chi connectivity index (χ2v) is 3.28. The molecular formula is C12H12N2O2. The second-order valence-electron chi connectivity index (χ2n) is 3.28. The number of nitriles is 1. The predicted octanol–water partition coefficient (Wildman–Crippen LogP) is 1.60. The summed E-state index contributed by atoms with van der Waals surface area (Å²) in [6.07, 6.45) is 1.15. The van der Waals surface area contributed by atoms with Crippen LogP contribution in [-0.4, -0.2) is 23.0 Å². The Morgan fingerprint density at radius 3 is 2.88 bits per heavy atom. The Labute approximate surface area is 94.0 Å². The topological polar surface area (TPSA) is 64.3 Å². The Bertz CT molecular complexity index is 449. The first-order valence-electron chi connectivity index (χ1n) is 4.68. The summed E-state index contributed by atoms with van der Waals surface area (Å²) in [6, 6.07) is 7.56. The molecule has 0 radical (unpaired) electrons. The van der Waals surface area contributed by atoms with Crippen LogP contribution in [0.3, 0.4) is 0 Å². The summed E-state index contributed by atoms with van der Waals surface area (Å²) in [7, 11) is 1.52. The minimum atomic E-state index is -0.724. The van der Waals surface area contributed by atoms with E-state index in [-0.39, 0.29) is 11.7 Å². The maximum absolute atomic E-state index is 11.4. The molecule has 1 rings (SSSR count). The highest BCUT2D eigenvalue weighted by Crippen LogP contribution is 2.22. The molecule has 4 nitrogen and oxygen atoms in total. The number of phenolic OH excluding ortho intramolecular Hbond substituents is 1. The minimum absolute atomic E-state index is 0.0669. The Morgan fingerprint density at radius 1 is 1.69 bits per heavy atom. The Morgan fingerprint density at radius 2 is 2.38 bits per heavy atom. The van der Waals surface area contributed by atoms with E-state index in [1.165, 1.54) is 24.1 Å². The van der Waals surface area contributed by atoms with Gasteiger partial charge in [0.1, 0.15) is 11.8 Å². The molecule has 0 aromatic heterocycles. The number of hydrogen-bond donors (Lipinski definition) is 1. The van der Waals surface area contributed by atoms with E-state index in [2.05, 4.69) is 6.58 Å². The molecule has 0 saturated heterocycles. The van der Waals surface area contributed by atoms with Gasteiger partial charge in [-0.1, -0.05) is 18.7 Å². The number of aromatic hydroxyl groups is 1. The van der Waals surface area contributed by atoms with Gasteiger partial charge in [-0.15, -0.1) is 0 Å². The van der Waals surface area contributed by atoms with Crippen LogP contribution in [0, 0.1) is 11.3 Å². The van der Waals surface area contributed by atoms with Gasteiger partial charge in [0.05, 0.1) is 6.07 Å². The molecule has 0 bridgehead atoms. The van der Waals surface area contributed by atoms with E-state index in [4.69, 9.17) is 5.26 Å². The molecule has 0 aliphatic heterocycles. The monoisotopic (exact) mass is 216 g/mol. The first-order chi connectivity index (χ1) is 7.60. The number of hydrogen-bond acceptors (Lipinski definition) is 3. The number of carbonyl (C=O) groups excluding carboxylic acids is 1. The van der Waals surface area contributed by atoms with E-state index in [1.807, 2.05) is 6.07 Å². The smallest absolute Gasteiger partial charge is 0.247 e. The third-order valence-electron chi connectivity index (χ3n) is 2.22. The van der Waals surface area contributed by atoms with E-state index in [1.54, 1.807) is 12.1 Å². The van der Waals surface area contributed by atoms with Crippen molar-refractivity contribution in [2.45, 2.75) is 6.04 Å². The van der Waals surface area contributed by atoms with Crippen molar-refractivity contribution >= 4 is 5.91 Å². The number of likely N-dealkylation sites (N-methyl/N-ethyl adjacent to an activating group) is 1. The van der Waals surface area contributed by atoms with E-state index < -0.39 is 6.04 Å². The van der Waals surface area contributed by atoms with Crippen LogP contribution < -0.4 is 0 Å². The molecule has 0 fully saturated rings. The first kappa shape index (κ1) is 11.8. The molecule has 0 aliphatic rings. The average molecular weight is 216 g/mol. The second kappa shape index (κ2) is 4.99. The number of benzene rings is 1. The molecule has 0 saturated carbocycles. The van der Waals surface area contributed by atoms with Crippen molar-refractivity contribution in [2.24, 2.45) is 0 Å². The zero-order valence-electron chi connectivity index (χ0n) is 8.92. The van der Waals surface area contributed by atoms with Gasteiger partial charge in [0.15, 0.2) is 0 Å². The molecule has 0 aliphatic carbocycles. The molecule has 0 spiro atoms. The van der Waals surface area contributed by atoms with Crippen LogP contribution in [0.5, 0.6) is 5.75 Å². The number of rotatable bonds is 3. The van der Waals surface area contributed by atoms with Gasteiger partial charge in [-0.05, 0) is 23.8 Å². The lowest BCUT2D eigenvalue weighted by atomic mass is 10.1. The van der Waals surface area contributed by atoms with Gasteiger partial charge in [0.2, 0.25) is 5.91 Å². The molecule has 1 atom stereocenters. The SMILES string of the molecule is C=CC(=O)N(C)C(C#N)c1cccc(O)c1. The molecule has 1 amide bonds. The summed E-state index contributed by atoms with van der Waals surface area (Å²) in [4.78, 5) is 12.6. The van der Waals surface area contributed by atoms with Gasteiger partial charge in [-0.2, -0.15) is 5.26 Å². The van der Waals surface area contributed by atoms with Crippen molar-refractivity contribution in [2.75, 3.05) is 7.05 Å². The molecule has 16 heavy (non-hydrogen) atoms. The Kier molecular flexibility index (Phi) is 3.67. The van der Waals surface area contributed by atoms with Crippen LogP contribution >= 0.6 is 0 Å². The van der Waals surface area contributed by atoms with Crippen LogP contribution in [0.1, 0.15) is 11.6 Å². The molecule has 82 valence electrons. The fraction of sp³-hybridized carbons (Fsp3) is 0.167. The van der Waals surface area contributed by atoms with Crippen molar-refractivity contribution in [3.63, 3.8) is 0 Å². The summed E-state index contributed by atoms with van der Waals surface area (Å²) in [5.74, 6) is -0.271. The number of phenols is 1. The third-order valence-corrected chi connectivity index (χ3v) is 2.22. The Balaban J connectivity index is 3.04. The van der Waals surface area contributed by atoms with E-state index in [9.17, 15) is 9.90 Å². The maximum Gasteiger partial charge on any atom is 0.247 e. The van der Waals surface area contributed by atoms with Gasteiger partial charge >= 0.3 is 0 Å². The van der Waals surface area contributed by atoms with Gasteiger partial charge < -0.3 is 10.0 Å². The van der Waals surface area contributed by atoms with Crippen molar-refractivity contribution in [1.82, 2.24) is 4.90 Å². The number of nitrogens with zero attached hydrogens (tertiary/aromatic N) is 2. The van der Waals surface area contributed by atoms with E-state index >= 15 is 0 Å². The molecule has 0 heterocycles. The van der Waals surface area contributed by atoms with Crippen molar-refractivity contribution < 1.29 is 9.90 Å². The normalized spacial score (nSPS) is 11.2. The number of amides is 1. The Hall–Kier alpha value is -2.28. The molecule has 1 aromatic carbocycles. The third kappa shape index (κ3) is 2.39. The summed E-state index contributed by atoms with van der Waals surface area (Å²) < 4.78 is 0. The van der Waals surface area contributed by atoms with Gasteiger partial charge in [-0.3, -0.25) is 4.79 Å². The first-order valence-corrected chi connectivity index (χ1v) is 4.68. The van der Waals surface area contributed by atoms with Crippen LogP contribution in [0.25, 0.3) is 0 Å². The van der Waals surface area contributed by atoms with Crippen LogP contribution in [0.15, 0.2) is 36.9 Å². The molecule has 1 N–H and O–H groups in total. The quantitative estimate of drug-likeness (QED) is 0.780. The minimum Gasteiger partial charge on any atom is -0.508 e. The van der Waals surface area contributed by atoms with Crippen molar-refractivity contribution in [1.29, 1.82) is 5.26 Å². The molecular weight excluding hydrogens is 204 g/mol. The van der Waals surface area contributed by atoms with Crippen LogP contribution in [0.2, 0.25) is 0 Å². The van der Waals surface area contributed by atoms with E-state index in [0.717, 1.165) is 6.08 Å². The summed E-state index contributed by atoms with van der Waals surface area (Å²) in [6.45, 7) is 3.36. The maximum atomic E-state index is 11.4. The predicted molar refractivity (Wildman–Crippen MR) is 59.4 cm³/mol. The summed E-state index contributed by atoms with van der Waals surface area (Å²) in [5.41, 5.74) is 0.570. The van der Waals surface area contributed by atoms with Crippen LogP contribution in [0.4, 0.5) is 0 Å². The molecule has 4 heteroatoms. The zero-order chi connectivity index (χ0) is 12.1. The molecule has 1 aromatic rings. The van der Waals surface area contributed by atoms with Crippen molar-refractivity contribution in [3.8, 4) is 11.8 Å². The largest absolute Gasteiger partial charge is 0.508 e. The summed E-state index contributed by atoms with van der Waals surface area (Å²) >= 11 is 0. The number of carbonyl (C=O) groups is 1. The van der Waals surface area contributed by atoms with Gasteiger partial charge in [0, 0.05) is 7.05 Å². The average Bonchev–Trinajstić information content (AvgIpc) is 2.29. The summed E-state index contributed by atoms with van der Waals surface area (Å²) in [5, 5.41) is 18.3. The van der Waals surface area contributed by atoms with Crippen LogP contribution in [-0.2, 0) is 4.79 Å². The highest BCUT2D eigenvalue weighted by Gasteiger charge is 2.19. The zero-order valence-corrected chi connectivity index (χ0v) is 8.92. The van der Waals surface area contributed by atoms with E-state index in [0.29, 0.717) is 5.56 Å².